The summed E-state index contributed by atoms with van der Waals surface area (Å²) in [6.45, 7) is 5.59. The Morgan fingerprint density at radius 1 is 0.523 bits per heavy atom. The van der Waals surface area contributed by atoms with E-state index in [1.807, 2.05) is 42.5 Å². The van der Waals surface area contributed by atoms with Crippen LogP contribution in [-0.2, 0) is 37.6 Å². The van der Waals surface area contributed by atoms with Crippen LogP contribution in [0.5, 0.6) is 0 Å². The van der Waals surface area contributed by atoms with E-state index in [0.29, 0.717) is 16.7 Å². The molecule has 0 spiro atoms. The smallest absolute Gasteiger partial charge is 0.338 e. The third kappa shape index (κ3) is 12.8. The second kappa shape index (κ2) is 26.2. The number of imidazole rings is 1. The van der Waals surface area contributed by atoms with Crippen molar-refractivity contribution >= 4 is 65.5 Å². The summed E-state index contributed by atoms with van der Waals surface area (Å²) in [5.74, 6) is -3.49. The van der Waals surface area contributed by atoms with Gasteiger partial charge in [0.2, 0.25) is 0 Å². The van der Waals surface area contributed by atoms with Crippen LogP contribution in [0.15, 0.2) is 225 Å². The second-order valence-electron chi connectivity index (χ2n) is 21.6. The molecule has 1 N–H and O–H groups in total. The van der Waals surface area contributed by atoms with Gasteiger partial charge in [-0.05, 0) is 76.1 Å². The van der Waals surface area contributed by atoms with Crippen molar-refractivity contribution in [1.82, 2.24) is 19.5 Å². The quantitative estimate of drug-likeness (QED) is 0.0453. The van der Waals surface area contributed by atoms with Crippen molar-refractivity contribution in [2.24, 2.45) is 0 Å². The Morgan fingerprint density at radius 2 is 0.977 bits per heavy atom. The van der Waals surface area contributed by atoms with Crippen molar-refractivity contribution in [3.05, 3.63) is 253 Å². The molecule has 2 fully saturated rings. The molecular formula is C67H61N5O13Si. The van der Waals surface area contributed by atoms with E-state index in [2.05, 4.69) is 60.3 Å². The highest BCUT2D eigenvalue weighted by atomic mass is 28.4. The summed E-state index contributed by atoms with van der Waals surface area (Å²) >= 11 is 0. The highest BCUT2D eigenvalue weighted by Crippen LogP contribution is 2.43. The lowest BCUT2D eigenvalue weighted by Crippen LogP contribution is -2.68. The predicted molar refractivity (Wildman–Crippen MR) is 319 cm³/mol. The van der Waals surface area contributed by atoms with E-state index in [9.17, 15) is 24.0 Å². The average molecular weight is 1170 g/mol. The Labute approximate surface area is 497 Å². The zero-order valence-electron chi connectivity index (χ0n) is 47.2. The third-order valence-electron chi connectivity index (χ3n) is 15.0. The van der Waals surface area contributed by atoms with E-state index in [1.165, 1.54) is 6.33 Å². The largest absolute Gasteiger partial charge is 0.459 e. The molecular weight excluding hydrogens is 1110 g/mol. The minimum Gasteiger partial charge on any atom is -0.459 e. The molecule has 4 heterocycles. The number of carbonyl (C=O) groups is 5. The molecule has 2 aliphatic rings. The average Bonchev–Trinajstić information content (AvgIpc) is 1.33. The molecule has 86 heavy (non-hydrogen) atoms. The standard InChI is InChI=1S/C67H61N5O13Si/c1-67(2,3)86(49-35-21-9-22-36-49,50-37-23-10-24-38-50)85-51-39-54(72-43-70-55-59(68-42-69-60(55)72)71-61(73)44-25-11-4-12-26-44)80-52(51)40-79-66-58(84-65(77)48-33-19-8-20-34-48)57(83-64(76)47-31-17-7-18-32-47)56(82-63(75)46-29-15-6-16-30-46)53(81-66)41-78-62(74)45-27-13-5-14-28-45/h4-38,42-43,51-54,56-58,66H,39-41H2,1-3H3,(H,68,69,71,73)/t51-,52+,53+,54+,56-,57-,58+,66+/m0/s1. The molecule has 0 bridgehead atoms. The number of nitrogens with one attached hydrogen (secondary N) is 1. The fourth-order valence-electron chi connectivity index (χ4n) is 10.8. The first kappa shape index (κ1) is 58.3. The molecule has 0 unspecified atom stereocenters. The molecule has 1 amide bonds. The number of esters is 4. The summed E-state index contributed by atoms with van der Waals surface area (Å²) in [5, 5.41) is 4.37. The molecule has 19 heteroatoms. The van der Waals surface area contributed by atoms with Gasteiger partial charge in [-0.15, -0.1) is 0 Å². The van der Waals surface area contributed by atoms with Gasteiger partial charge in [0.1, 0.15) is 31.4 Å². The van der Waals surface area contributed by atoms with Crippen molar-refractivity contribution < 1.29 is 61.6 Å². The number of nitrogens with zero attached hydrogens (tertiary/aromatic N) is 4. The van der Waals surface area contributed by atoms with Crippen LogP contribution in [0.1, 0.15) is 85.2 Å². The van der Waals surface area contributed by atoms with E-state index >= 15 is 0 Å². The Kier molecular flexibility index (Phi) is 17.7. The monoisotopic (exact) mass is 1170 g/mol. The number of benzene rings is 7. The SMILES string of the molecule is CC(C)(C)[Si](O[C@H]1C[C@H](n2cnc3c(NC(=O)c4ccccc4)ncnc32)O[C@@H]1CO[C@@H]1O[C@H](COC(=O)c2ccccc2)[C@H](OC(=O)c2ccccc2)[C@H](OC(=O)c2ccccc2)[C@H]1OC(=O)c1ccccc1)(c1ccccc1)c1ccccc1. The molecule has 2 aromatic heterocycles. The van der Waals surface area contributed by atoms with Gasteiger partial charge in [0, 0.05) is 12.0 Å². The summed E-state index contributed by atoms with van der Waals surface area (Å²) in [6.07, 6.45) is -7.50. The molecule has 11 rings (SSSR count). The maximum atomic E-state index is 14.5. The Hall–Kier alpha value is -9.50. The lowest BCUT2D eigenvalue weighted by Gasteiger charge is -2.46. The summed E-state index contributed by atoms with van der Waals surface area (Å²) in [4.78, 5) is 84.2. The lowest BCUT2D eigenvalue weighted by atomic mass is 9.97. The van der Waals surface area contributed by atoms with Crippen molar-refractivity contribution in [3.63, 3.8) is 0 Å². The van der Waals surface area contributed by atoms with Gasteiger partial charge in [-0.2, -0.15) is 0 Å². The fourth-order valence-corrected chi connectivity index (χ4v) is 15.6. The first-order chi connectivity index (χ1) is 41.8. The molecule has 0 aliphatic carbocycles. The van der Waals surface area contributed by atoms with Crippen molar-refractivity contribution in [3.8, 4) is 0 Å². The lowest BCUT2D eigenvalue weighted by molar-refractivity contribution is -0.303. The van der Waals surface area contributed by atoms with Crippen molar-refractivity contribution in [1.29, 1.82) is 0 Å². The van der Waals surface area contributed by atoms with Crippen molar-refractivity contribution in [2.75, 3.05) is 18.5 Å². The van der Waals surface area contributed by atoms with Gasteiger partial charge < -0.3 is 42.9 Å². The van der Waals surface area contributed by atoms with Gasteiger partial charge in [-0.3, -0.25) is 9.36 Å². The number of rotatable bonds is 19. The molecule has 436 valence electrons. The number of amides is 1. The van der Waals surface area contributed by atoms with Crippen LogP contribution in [0.25, 0.3) is 11.2 Å². The van der Waals surface area contributed by atoms with E-state index in [0.717, 1.165) is 10.4 Å². The van der Waals surface area contributed by atoms with Crippen LogP contribution in [-0.4, -0.2) is 114 Å². The fraction of sp³-hybridized carbons (Fsp3) is 0.224. The van der Waals surface area contributed by atoms with Gasteiger partial charge in [0.15, 0.2) is 41.6 Å². The molecule has 7 aromatic carbocycles. The van der Waals surface area contributed by atoms with Gasteiger partial charge in [-0.1, -0.05) is 172 Å². The summed E-state index contributed by atoms with van der Waals surface area (Å²) in [5.41, 5.74) is 1.71. The number of ether oxygens (including phenoxy) is 7. The molecule has 2 aliphatic heterocycles. The van der Waals surface area contributed by atoms with E-state index < -0.39 is 93.0 Å². The highest BCUT2D eigenvalue weighted by molar-refractivity contribution is 6.99. The highest BCUT2D eigenvalue weighted by Gasteiger charge is 2.56. The van der Waals surface area contributed by atoms with Crippen LogP contribution in [0.2, 0.25) is 5.04 Å². The van der Waals surface area contributed by atoms with Gasteiger partial charge >= 0.3 is 23.9 Å². The van der Waals surface area contributed by atoms with Crippen LogP contribution >= 0.6 is 0 Å². The topological polar surface area (TPSA) is 215 Å². The van der Waals surface area contributed by atoms with Crippen LogP contribution in [0.3, 0.4) is 0 Å². The van der Waals surface area contributed by atoms with Crippen LogP contribution in [0.4, 0.5) is 5.82 Å². The number of hydrogen-bond donors (Lipinski definition) is 1. The number of anilines is 1. The molecule has 9 aromatic rings. The van der Waals surface area contributed by atoms with Gasteiger partial charge in [-0.25, -0.2) is 34.1 Å². The Balaban J connectivity index is 1.00. The molecule has 0 saturated carbocycles. The van der Waals surface area contributed by atoms with Gasteiger partial charge in [0.05, 0.1) is 41.3 Å². The molecule has 8 atom stereocenters. The van der Waals surface area contributed by atoms with Crippen LogP contribution in [0, 0.1) is 0 Å². The molecule has 0 radical (unpaired) electrons. The van der Waals surface area contributed by atoms with Gasteiger partial charge in [0.25, 0.3) is 14.2 Å². The Bertz CT molecular complexity index is 3730. The first-order valence-electron chi connectivity index (χ1n) is 28.1. The molecule has 18 nitrogen and oxygen atoms in total. The third-order valence-corrected chi connectivity index (χ3v) is 20.1. The predicted octanol–water partition coefficient (Wildman–Crippen LogP) is 9.59. The van der Waals surface area contributed by atoms with E-state index in [-0.39, 0.29) is 47.0 Å². The minimum atomic E-state index is -3.39. The normalized spacial score (nSPS) is 20.3. The van der Waals surface area contributed by atoms with Crippen molar-refractivity contribution in [2.45, 2.75) is 81.4 Å². The summed E-state index contributed by atoms with van der Waals surface area (Å²) in [7, 11) is -3.39. The maximum Gasteiger partial charge on any atom is 0.338 e. The maximum absolute atomic E-state index is 14.5. The first-order valence-corrected chi connectivity index (χ1v) is 30.0. The summed E-state index contributed by atoms with van der Waals surface area (Å²) in [6, 6.07) is 61.6. The second-order valence-corrected chi connectivity index (χ2v) is 25.9. The minimum absolute atomic E-state index is 0.126. The summed E-state index contributed by atoms with van der Waals surface area (Å²) < 4.78 is 55.5. The molecule has 2 saturated heterocycles. The Morgan fingerprint density at radius 3 is 1.48 bits per heavy atom. The number of fused-ring (bicyclic) bond motifs is 1. The van der Waals surface area contributed by atoms with E-state index in [4.69, 9.17) is 42.6 Å². The zero-order chi connectivity index (χ0) is 59.6. The van der Waals surface area contributed by atoms with Crippen LogP contribution < -0.4 is 15.7 Å². The number of hydrogen-bond acceptors (Lipinski definition) is 16. The number of carbonyl (C=O) groups excluding carboxylic acids is 5. The van der Waals surface area contributed by atoms with E-state index in [1.54, 1.807) is 156 Å². The zero-order valence-corrected chi connectivity index (χ0v) is 48.2. The number of aromatic nitrogens is 4.